The Hall–Kier alpha value is -1.93. The number of rotatable bonds is 7. The number of halogens is 1. The van der Waals surface area contributed by atoms with Crippen molar-refractivity contribution in [2.24, 2.45) is 0 Å². The molecule has 0 heterocycles. The number of hydrogen-bond donors (Lipinski definition) is 2. The number of nitrogens with one attached hydrogen (secondary N) is 2. The summed E-state index contributed by atoms with van der Waals surface area (Å²) < 4.78 is 25.6. The zero-order chi connectivity index (χ0) is 20.2. The minimum atomic E-state index is -3.56. The molecule has 0 aliphatic heterocycles. The molecule has 0 bridgehead atoms. The number of hydrogen-bond acceptors (Lipinski definition) is 4. The molecule has 0 aromatic heterocycles. The zero-order valence-corrected chi connectivity index (χ0v) is 17.3. The first-order chi connectivity index (χ1) is 12.6. The summed E-state index contributed by atoms with van der Waals surface area (Å²) in [7, 11) is -0.641. The summed E-state index contributed by atoms with van der Waals surface area (Å²) in [5.41, 5.74) is 1.32. The van der Waals surface area contributed by atoms with Gasteiger partial charge in [0.15, 0.2) is 0 Å². The second-order valence-electron chi connectivity index (χ2n) is 6.44. The quantitative estimate of drug-likeness (QED) is 0.735. The van der Waals surface area contributed by atoms with Crippen LogP contribution in [0.2, 0.25) is 5.02 Å². The topological polar surface area (TPSA) is 78.5 Å². The molecule has 2 aromatic rings. The van der Waals surface area contributed by atoms with Gasteiger partial charge in [-0.25, -0.2) is 12.7 Å². The first-order valence-corrected chi connectivity index (χ1v) is 10.3. The Labute approximate surface area is 165 Å². The molecule has 2 aromatic carbocycles. The number of carbonyl (C=O) groups is 1. The van der Waals surface area contributed by atoms with E-state index in [9.17, 15) is 13.2 Å². The SMILES string of the molecule is CC(NC(C)c1ccccc1Cl)C(=O)Nc1cccc(S(=O)(=O)N(C)C)c1. The fourth-order valence-corrected chi connectivity index (χ4v) is 3.81. The summed E-state index contributed by atoms with van der Waals surface area (Å²) in [6, 6.07) is 13.0. The molecule has 2 unspecified atom stereocenters. The van der Waals surface area contributed by atoms with Crippen LogP contribution in [0.1, 0.15) is 25.5 Å². The summed E-state index contributed by atoms with van der Waals surface area (Å²) in [6.07, 6.45) is 0. The van der Waals surface area contributed by atoms with Crippen molar-refractivity contribution in [1.82, 2.24) is 9.62 Å². The van der Waals surface area contributed by atoms with Crippen LogP contribution in [0, 0.1) is 0 Å². The van der Waals surface area contributed by atoms with E-state index in [0.29, 0.717) is 10.7 Å². The second-order valence-corrected chi connectivity index (χ2v) is 9.00. The molecule has 0 aliphatic carbocycles. The predicted octanol–water partition coefficient (Wildman–Crippen LogP) is 3.27. The van der Waals surface area contributed by atoms with Gasteiger partial charge in [0.05, 0.1) is 10.9 Å². The van der Waals surface area contributed by atoms with E-state index < -0.39 is 16.1 Å². The van der Waals surface area contributed by atoms with Gasteiger partial charge < -0.3 is 5.32 Å². The first kappa shape index (κ1) is 21.4. The van der Waals surface area contributed by atoms with Crippen molar-refractivity contribution in [3.8, 4) is 0 Å². The second kappa shape index (κ2) is 8.84. The summed E-state index contributed by atoms with van der Waals surface area (Å²) >= 11 is 6.20. The van der Waals surface area contributed by atoms with Crippen LogP contribution in [-0.4, -0.2) is 38.8 Å². The van der Waals surface area contributed by atoms with E-state index in [-0.39, 0.29) is 16.8 Å². The Morgan fingerprint density at radius 1 is 1.07 bits per heavy atom. The van der Waals surface area contributed by atoms with E-state index in [4.69, 9.17) is 11.6 Å². The minimum absolute atomic E-state index is 0.121. The molecular formula is C19H24ClN3O3S. The first-order valence-electron chi connectivity index (χ1n) is 8.47. The number of amides is 1. The molecule has 0 aliphatic rings. The van der Waals surface area contributed by atoms with Gasteiger partial charge in [-0.05, 0) is 43.7 Å². The maximum atomic E-state index is 12.5. The summed E-state index contributed by atoms with van der Waals surface area (Å²) in [6.45, 7) is 3.67. The van der Waals surface area contributed by atoms with Crippen molar-refractivity contribution in [2.75, 3.05) is 19.4 Å². The highest BCUT2D eigenvalue weighted by molar-refractivity contribution is 7.89. The predicted molar refractivity (Wildman–Crippen MR) is 108 cm³/mol. The lowest BCUT2D eigenvalue weighted by Crippen LogP contribution is -2.39. The van der Waals surface area contributed by atoms with E-state index in [0.717, 1.165) is 9.87 Å². The lowest BCUT2D eigenvalue weighted by Gasteiger charge is -2.21. The Kier molecular flexibility index (Phi) is 7.00. The third-order valence-corrected chi connectivity index (χ3v) is 6.30. The molecule has 0 saturated heterocycles. The van der Waals surface area contributed by atoms with Gasteiger partial charge >= 0.3 is 0 Å². The average molecular weight is 410 g/mol. The van der Waals surface area contributed by atoms with Gasteiger partial charge in [-0.3, -0.25) is 10.1 Å². The third kappa shape index (κ3) is 5.29. The van der Waals surface area contributed by atoms with Crippen LogP contribution in [-0.2, 0) is 14.8 Å². The molecule has 8 heteroatoms. The molecule has 2 atom stereocenters. The number of benzene rings is 2. The maximum absolute atomic E-state index is 12.5. The van der Waals surface area contributed by atoms with Crippen LogP contribution >= 0.6 is 11.6 Å². The number of nitrogens with zero attached hydrogens (tertiary/aromatic N) is 1. The van der Waals surface area contributed by atoms with Crippen molar-refractivity contribution < 1.29 is 13.2 Å². The zero-order valence-electron chi connectivity index (χ0n) is 15.7. The van der Waals surface area contributed by atoms with Crippen LogP contribution in [0.15, 0.2) is 53.4 Å². The highest BCUT2D eigenvalue weighted by atomic mass is 35.5. The van der Waals surface area contributed by atoms with Gasteiger partial charge in [-0.1, -0.05) is 35.9 Å². The maximum Gasteiger partial charge on any atom is 0.242 e. The van der Waals surface area contributed by atoms with E-state index in [2.05, 4.69) is 10.6 Å². The summed E-state index contributed by atoms with van der Waals surface area (Å²) in [4.78, 5) is 12.6. The Bertz CT molecular complexity index is 916. The largest absolute Gasteiger partial charge is 0.325 e. The number of sulfonamides is 1. The smallest absolute Gasteiger partial charge is 0.242 e. The molecule has 6 nitrogen and oxygen atoms in total. The summed E-state index contributed by atoms with van der Waals surface area (Å²) in [5, 5.41) is 6.58. The van der Waals surface area contributed by atoms with Crippen LogP contribution < -0.4 is 10.6 Å². The van der Waals surface area contributed by atoms with E-state index >= 15 is 0 Å². The molecule has 1 amide bonds. The van der Waals surface area contributed by atoms with Crippen LogP contribution in [0.25, 0.3) is 0 Å². The molecule has 0 fully saturated rings. The molecule has 146 valence electrons. The average Bonchev–Trinajstić information content (AvgIpc) is 2.62. The lowest BCUT2D eigenvalue weighted by molar-refractivity contribution is -0.117. The van der Waals surface area contributed by atoms with Crippen LogP contribution in [0.5, 0.6) is 0 Å². The van der Waals surface area contributed by atoms with Crippen molar-refractivity contribution in [3.05, 3.63) is 59.1 Å². The van der Waals surface area contributed by atoms with E-state index in [1.807, 2.05) is 25.1 Å². The van der Waals surface area contributed by atoms with Crippen molar-refractivity contribution in [3.63, 3.8) is 0 Å². The molecule has 2 N–H and O–H groups in total. The number of anilines is 1. The highest BCUT2D eigenvalue weighted by Gasteiger charge is 2.20. The molecule has 2 rings (SSSR count). The Balaban J connectivity index is 2.08. The van der Waals surface area contributed by atoms with Crippen LogP contribution in [0.4, 0.5) is 5.69 Å². The third-order valence-electron chi connectivity index (χ3n) is 4.15. The Morgan fingerprint density at radius 2 is 1.74 bits per heavy atom. The fraction of sp³-hybridized carbons (Fsp3) is 0.316. The molecule has 0 radical (unpaired) electrons. The van der Waals surface area contributed by atoms with E-state index in [1.165, 1.54) is 26.2 Å². The normalized spacial score (nSPS) is 14.0. The molecule has 0 spiro atoms. The van der Waals surface area contributed by atoms with Gasteiger partial charge in [-0.15, -0.1) is 0 Å². The lowest BCUT2D eigenvalue weighted by atomic mass is 10.1. The van der Waals surface area contributed by atoms with Gasteiger partial charge in [-0.2, -0.15) is 0 Å². The monoisotopic (exact) mass is 409 g/mol. The summed E-state index contributed by atoms with van der Waals surface area (Å²) in [5.74, 6) is -0.270. The van der Waals surface area contributed by atoms with Gasteiger partial charge in [0.2, 0.25) is 15.9 Å². The van der Waals surface area contributed by atoms with Crippen molar-refractivity contribution in [1.29, 1.82) is 0 Å². The molecule has 0 saturated carbocycles. The molecular weight excluding hydrogens is 386 g/mol. The van der Waals surface area contributed by atoms with Gasteiger partial charge in [0.1, 0.15) is 0 Å². The van der Waals surface area contributed by atoms with Crippen molar-refractivity contribution >= 4 is 33.2 Å². The van der Waals surface area contributed by atoms with E-state index in [1.54, 1.807) is 25.1 Å². The van der Waals surface area contributed by atoms with Gasteiger partial charge in [0, 0.05) is 30.8 Å². The minimum Gasteiger partial charge on any atom is -0.325 e. The Morgan fingerprint density at radius 3 is 2.37 bits per heavy atom. The fourth-order valence-electron chi connectivity index (χ4n) is 2.56. The standard InChI is InChI=1S/C19H24ClN3O3S/c1-13(17-10-5-6-11-18(17)20)21-14(2)19(24)22-15-8-7-9-16(12-15)27(25,26)23(3)4/h5-14,21H,1-4H3,(H,22,24). The molecule has 27 heavy (non-hydrogen) atoms. The van der Waals surface area contributed by atoms with Gasteiger partial charge in [0.25, 0.3) is 0 Å². The van der Waals surface area contributed by atoms with Crippen molar-refractivity contribution in [2.45, 2.75) is 30.8 Å². The number of carbonyl (C=O) groups excluding carboxylic acids is 1. The van der Waals surface area contributed by atoms with Crippen LogP contribution in [0.3, 0.4) is 0 Å². The highest BCUT2D eigenvalue weighted by Crippen LogP contribution is 2.23.